The van der Waals surface area contributed by atoms with Crippen LogP contribution in [0.25, 0.3) is 0 Å². The Morgan fingerprint density at radius 2 is 1.61 bits per heavy atom. The predicted octanol–water partition coefficient (Wildman–Crippen LogP) is 1.02. The van der Waals surface area contributed by atoms with E-state index in [9.17, 15) is 26.0 Å². The van der Waals surface area contributed by atoms with Gasteiger partial charge in [-0.05, 0) is 35.9 Å². The van der Waals surface area contributed by atoms with Crippen molar-refractivity contribution in [1.82, 2.24) is 13.9 Å². The fourth-order valence-corrected chi connectivity index (χ4v) is 4.75. The maximum Gasteiger partial charge on any atom is 0.247 e. The molecular formula is C19H24FN3O6S2. The van der Waals surface area contributed by atoms with Gasteiger partial charge in [0.2, 0.25) is 26.0 Å². The number of carbonyl (C=O) groups is 1. The normalized spacial score (nSPS) is 12.2. The lowest BCUT2D eigenvalue weighted by molar-refractivity contribution is -0.121. The number of ether oxygens (including phenoxy) is 1. The molecule has 1 N–H and O–H groups in total. The van der Waals surface area contributed by atoms with Crippen molar-refractivity contribution < 1.29 is 30.8 Å². The Kier molecular flexibility index (Phi) is 7.76. The van der Waals surface area contributed by atoms with Crippen LogP contribution >= 0.6 is 0 Å². The van der Waals surface area contributed by atoms with Gasteiger partial charge < -0.3 is 10.1 Å². The molecule has 2 aromatic carbocycles. The molecule has 0 heterocycles. The third-order valence-electron chi connectivity index (χ3n) is 4.37. The number of carbonyl (C=O) groups excluding carboxylic acids is 1. The Balaban J connectivity index is 2.04. The molecule has 0 unspecified atom stereocenters. The molecular weight excluding hydrogens is 449 g/mol. The van der Waals surface area contributed by atoms with Crippen molar-refractivity contribution >= 4 is 26.0 Å². The summed E-state index contributed by atoms with van der Waals surface area (Å²) in [5.74, 6) is -1.38. The van der Waals surface area contributed by atoms with E-state index in [2.05, 4.69) is 5.32 Å². The molecule has 9 nitrogen and oxygen atoms in total. The van der Waals surface area contributed by atoms with E-state index >= 15 is 0 Å². The highest BCUT2D eigenvalue weighted by Gasteiger charge is 2.27. The van der Waals surface area contributed by atoms with Crippen LogP contribution in [0, 0.1) is 5.82 Å². The average Bonchev–Trinajstić information content (AvgIpc) is 2.72. The lowest BCUT2D eigenvalue weighted by Crippen LogP contribution is -2.38. The van der Waals surface area contributed by atoms with Gasteiger partial charge in [-0.1, -0.05) is 12.1 Å². The van der Waals surface area contributed by atoms with E-state index < -0.39 is 38.3 Å². The van der Waals surface area contributed by atoms with Gasteiger partial charge in [0.25, 0.3) is 0 Å². The molecule has 0 bridgehead atoms. The second-order valence-corrected chi connectivity index (χ2v) is 10.9. The van der Waals surface area contributed by atoms with Crippen molar-refractivity contribution in [3.8, 4) is 5.75 Å². The third-order valence-corrected chi connectivity index (χ3v) is 8.03. The van der Waals surface area contributed by atoms with Crippen LogP contribution in [0.4, 0.5) is 4.39 Å². The summed E-state index contributed by atoms with van der Waals surface area (Å²) in [5.41, 5.74) is 0.628. The zero-order valence-corrected chi connectivity index (χ0v) is 19.1. The van der Waals surface area contributed by atoms with Crippen molar-refractivity contribution in [3.05, 3.63) is 53.8 Å². The summed E-state index contributed by atoms with van der Waals surface area (Å²) in [4.78, 5) is 11.9. The summed E-state index contributed by atoms with van der Waals surface area (Å²) >= 11 is 0. The maximum absolute atomic E-state index is 13.5. The van der Waals surface area contributed by atoms with Crippen molar-refractivity contribution in [2.45, 2.75) is 16.3 Å². The Morgan fingerprint density at radius 1 is 1.00 bits per heavy atom. The van der Waals surface area contributed by atoms with E-state index in [1.165, 1.54) is 46.5 Å². The summed E-state index contributed by atoms with van der Waals surface area (Å²) < 4.78 is 69.9. The number of nitrogens with one attached hydrogen (secondary N) is 1. The minimum atomic E-state index is -4.18. The van der Waals surface area contributed by atoms with E-state index in [4.69, 9.17) is 4.74 Å². The van der Waals surface area contributed by atoms with E-state index in [0.717, 1.165) is 20.7 Å². The number of likely N-dealkylation sites (N-methyl/N-ethyl adjacent to an activating group) is 1. The van der Waals surface area contributed by atoms with E-state index in [1.54, 1.807) is 12.1 Å². The second kappa shape index (κ2) is 9.73. The first-order valence-corrected chi connectivity index (χ1v) is 11.9. The first-order valence-electron chi connectivity index (χ1n) is 8.97. The molecule has 0 aliphatic carbocycles. The average molecular weight is 474 g/mol. The Bertz CT molecular complexity index is 1150. The molecule has 0 radical (unpaired) electrons. The molecule has 0 saturated carbocycles. The summed E-state index contributed by atoms with van der Waals surface area (Å²) in [6, 6.07) is 9.03. The second-order valence-electron chi connectivity index (χ2n) is 6.76. The highest BCUT2D eigenvalue weighted by atomic mass is 32.2. The van der Waals surface area contributed by atoms with E-state index in [-0.39, 0.29) is 22.1 Å². The minimum absolute atomic E-state index is 0.0403. The fraction of sp³-hybridized carbons (Fsp3) is 0.316. The summed E-state index contributed by atoms with van der Waals surface area (Å²) in [5, 5.41) is 2.56. The largest absolute Gasteiger partial charge is 0.495 e. The van der Waals surface area contributed by atoms with Crippen LogP contribution in [-0.4, -0.2) is 66.2 Å². The van der Waals surface area contributed by atoms with Gasteiger partial charge in [0, 0.05) is 27.7 Å². The number of rotatable bonds is 9. The molecule has 0 spiro atoms. The van der Waals surface area contributed by atoms with Gasteiger partial charge in [-0.25, -0.2) is 25.5 Å². The fourth-order valence-electron chi connectivity index (χ4n) is 2.55. The molecule has 0 atom stereocenters. The topological polar surface area (TPSA) is 113 Å². The number of sulfonamides is 2. The molecule has 0 fully saturated rings. The molecule has 2 rings (SSSR count). The zero-order chi connectivity index (χ0) is 23.4. The third kappa shape index (κ3) is 5.79. The monoisotopic (exact) mass is 473 g/mol. The molecule has 170 valence electrons. The van der Waals surface area contributed by atoms with Crippen LogP contribution in [0.5, 0.6) is 5.75 Å². The standard InChI is InChI=1S/C19H24FN3O6S2/c1-22(2)30(25,26)16-8-5-14(6-9-16)12-21-19(24)13-23(3)31(27,28)18-11-15(20)7-10-17(18)29-4/h5-11H,12-13H2,1-4H3,(H,21,24). The summed E-state index contributed by atoms with van der Waals surface area (Å²) in [6.07, 6.45) is 0. The van der Waals surface area contributed by atoms with E-state index in [1.807, 2.05) is 0 Å². The molecule has 0 saturated heterocycles. The van der Waals surface area contributed by atoms with Crippen LogP contribution in [0.2, 0.25) is 0 Å². The number of nitrogens with zero attached hydrogens (tertiary/aromatic N) is 2. The van der Waals surface area contributed by atoms with Gasteiger partial charge in [0.15, 0.2) is 0 Å². The molecule has 0 aliphatic rings. The Hall–Kier alpha value is -2.54. The zero-order valence-electron chi connectivity index (χ0n) is 17.5. The van der Waals surface area contributed by atoms with E-state index in [0.29, 0.717) is 5.56 Å². The van der Waals surface area contributed by atoms with Crippen molar-refractivity contribution in [3.63, 3.8) is 0 Å². The minimum Gasteiger partial charge on any atom is -0.495 e. The highest BCUT2D eigenvalue weighted by Crippen LogP contribution is 2.26. The van der Waals surface area contributed by atoms with Gasteiger partial charge >= 0.3 is 0 Å². The van der Waals surface area contributed by atoms with Gasteiger partial charge in [-0.3, -0.25) is 4.79 Å². The molecule has 12 heteroatoms. The maximum atomic E-state index is 13.5. The molecule has 0 aliphatic heterocycles. The number of halogens is 1. The van der Waals surface area contributed by atoms with Gasteiger partial charge in [0.05, 0.1) is 18.6 Å². The SMILES string of the molecule is COc1ccc(F)cc1S(=O)(=O)N(C)CC(=O)NCc1ccc(S(=O)(=O)N(C)C)cc1. The number of amides is 1. The van der Waals surface area contributed by atoms with Gasteiger partial charge in [-0.15, -0.1) is 0 Å². The van der Waals surface area contributed by atoms with Gasteiger partial charge in [-0.2, -0.15) is 4.31 Å². The van der Waals surface area contributed by atoms with Crippen LogP contribution in [0.15, 0.2) is 52.3 Å². The Labute approximate surface area is 181 Å². The van der Waals surface area contributed by atoms with Crippen molar-refractivity contribution in [2.24, 2.45) is 0 Å². The van der Waals surface area contributed by atoms with Crippen LogP contribution in [0.3, 0.4) is 0 Å². The first-order chi connectivity index (χ1) is 14.4. The van der Waals surface area contributed by atoms with Crippen LogP contribution in [-0.2, 0) is 31.4 Å². The number of hydrogen-bond donors (Lipinski definition) is 1. The molecule has 31 heavy (non-hydrogen) atoms. The quantitative estimate of drug-likeness (QED) is 0.582. The highest BCUT2D eigenvalue weighted by molar-refractivity contribution is 7.89. The number of methoxy groups -OCH3 is 1. The van der Waals surface area contributed by atoms with Crippen LogP contribution < -0.4 is 10.1 Å². The van der Waals surface area contributed by atoms with Crippen molar-refractivity contribution in [2.75, 3.05) is 34.8 Å². The first kappa shape index (κ1) is 24.7. The molecule has 1 amide bonds. The lowest BCUT2D eigenvalue weighted by Gasteiger charge is -2.18. The Morgan fingerprint density at radius 3 is 2.16 bits per heavy atom. The molecule has 0 aromatic heterocycles. The molecule has 2 aromatic rings. The van der Waals surface area contributed by atoms with Crippen LogP contribution in [0.1, 0.15) is 5.56 Å². The van der Waals surface area contributed by atoms with Gasteiger partial charge in [0.1, 0.15) is 16.5 Å². The number of hydrogen-bond acceptors (Lipinski definition) is 6. The van der Waals surface area contributed by atoms with Crippen molar-refractivity contribution in [1.29, 1.82) is 0 Å². The summed E-state index contributed by atoms with van der Waals surface area (Å²) in [7, 11) is -2.43. The lowest BCUT2D eigenvalue weighted by atomic mass is 10.2. The smallest absolute Gasteiger partial charge is 0.247 e. The predicted molar refractivity (Wildman–Crippen MR) is 112 cm³/mol. The summed E-state index contributed by atoms with van der Waals surface area (Å²) in [6.45, 7) is -0.437. The number of benzene rings is 2.